The number of hydrogen-bond acceptors (Lipinski definition) is 4. The van der Waals surface area contributed by atoms with Gasteiger partial charge >= 0.3 is 5.97 Å². The molecule has 0 bridgehead atoms. The van der Waals surface area contributed by atoms with E-state index in [1.807, 2.05) is 18.2 Å². The van der Waals surface area contributed by atoms with Crippen molar-refractivity contribution in [2.45, 2.75) is 45.6 Å². The smallest absolute Gasteiger partial charge is 0.311 e. The highest BCUT2D eigenvalue weighted by Gasteiger charge is 2.54. The summed E-state index contributed by atoms with van der Waals surface area (Å²) in [6.07, 6.45) is 5.01. The second-order valence-electron chi connectivity index (χ2n) is 7.41. The minimum Gasteiger partial charge on any atom is -0.493 e. The summed E-state index contributed by atoms with van der Waals surface area (Å²) in [6.45, 7) is 5.12. The Balaban J connectivity index is 1.69. The molecule has 2 atom stereocenters. The Bertz CT molecular complexity index is 618. The number of hydrogen-bond donors (Lipinski definition) is 1. The SMILES string of the molecule is CCCCOc1cc(CN2C[C@@H]3CCC[C@@]3(C(=O)O)C2)ccc1OC. The fourth-order valence-corrected chi connectivity index (χ4v) is 4.38. The molecule has 0 unspecified atom stereocenters. The molecule has 1 aromatic carbocycles. The van der Waals surface area contributed by atoms with Crippen molar-refractivity contribution >= 4 is 5.97 Å². The lowest BCUT2D eigenvalue weighted by molar-refractivity contribution is -0.149. The molecule has 1 N–H and O–H groups in total. The summed E-state index contributed by atoms with van der Waals surface area (Å²) in [6, 6.07) is 6.03. The van der Waals surface area contributed by atoms with E-state index in [0.717, 1.165) is 62.3 Å². The van der Waals surface area contributed by atoms with Crippen LogP contribution in [0.2, 0.25) is 0 Å². The Kier molecular flexibility index (Phi) is 5.52. The summed E-state index contributed by atoms with van der Waals surface area (Å²) < 4.78 is 11.3. The molecule has 1 heterocycles. The van der Waals surface area contributed by atoms with Gasteiger partial charge in [0.2, 0.25) is 0 Å². The van der Waals surface area contributed by atoms with E-state index < -0.39 is 11.4 Å². The third kappa shape index (κ3) is 3.61. The van der Waals surface area contributed by atoms with Gasteiger partial charge in [-0.15, -0.1) is 0 Å². The summed E-state index contributed by atoms with van der Waals surface area (Å²) >= 11 is 0. The molecule has 1 aromatic rings. The third-order valence-electron chi connectivity index (χ3n) is 5.76. The van der Waals surface area contributed by atoms with Crippen LogP contribution >= 0.6 is 0 Å². The molecule has 1 saturated carbocycles. The van der Waals surface area contributed by atoms with E-state index >= 15 is 0 Å². The van der Waals surface area contributed by atoms with Crippen molar-refractivity contribution in [3.8, 4) is 11.5 Å². The number of carboxylic acid groups (broad SMARTS) is 1. The molecule has 2 fully saturated rings. The van der Waals surface area contributed by atoms with E-state index in [9.17, 15) is 9.90 Å². The van der Waals surface area contributed by atoms with Crippen LogP contribution in [-0.4, -0.2) is 42.8 Å². The van der Waals surface area contributed by atoms with Crippen molar-refractivity contribution in [2.75, 3.05) is 26.8 Å². The van der Waals surface area contributed by atoms with Gasteiger partial charge in [0.1, 0.15) is 0 Å². The molecule has 1 saturated heterocycles. The van der Waals surface area contributed by atoms with Gasteiger partial charge in [0.05, 0.1) is 19.1 Å². The molecular formula is C20H29NO4. The van der Waals surface area contributed by atoms with Crippen LogP contribution < -0.4 is 9.47 Å². The number of likely N-dealkylation sites (tertiary alicyclic amines) is 1. The van der Waals surface area contributed by atoms with Crippen LogP contribution in [0, 0.1) is 11.3 Å². The maximum atomic E-state index is 11.8. The van der Waals surface area contributed by atoms with Crippen LogP contribution in [0.5, 0.6) is 11.5 Å². The highest BCUT2D eigenvalue weighted by molar-refractivity contribution is 5.76. The Labute approximate surface area is 149 Å². The van der Waals surface area contributed by atoms with E-state index in [1.54, 1.807) is 7.11 Å². The van der Waals surface area contributed by atoms with Crippen LogP contribution in [0.15, 0.2) is 18.2 Å². The first kappa shape index (κ1) is 18.1. The minimum atomic E-state index is -0.615. The van der Waals surface area contributed by atoms with E-state index in [-0.39, 0.29) is 0 Å². The lowest BCUT2D eigenvalue weighted by Gasteiger charge is -2.23. The van der Waals surface area contributed by atoms with Gasteiger partial charge in [-0.1, -0.05) is 25.8 Å². The summed E-state index contributed by atoms with van der Waals surface area (Å²) in [5, 5.41) is 9.73. The second kappa shape index (κ2) is 7.65. The highest BCUT2D eigenvalue weighted by Crippen LogP contribution is 2.49. The van der Waals surface area contributed by atoms with Crippen molar-refractivity contribution in [3.63, 3.8) is 0 Å². The molecule has 138 valence electrons. The van der Waals surface area contributed by atoms with E-state index in [1.165, 1.54) is 0 Å². The van der Waals surface area contributed by atoms with Crippen molar-refractivity contribution in [3.05, 3.63) is 23.8 Å². The van der Waals surface area contributed by atoms with Crippen LogP contribution in [0.3, 0.4) is 0 Å². The van der Waals surface area contributed by atoms with Gasteiger partial charge in [0.15, 0.2) is 11.5 Å². The number of methoxy groups -OCH3 is 1. The zero-order valence-electron chi connectivity index (χ0n) is 15.3. The topological polar surface area (TPSA) is 59.0 Å². The zero-order valence-corrected chi connectivity index (χ0v) is 15.3. The molecule has 5 heteroatoms. The molecule has 0 aromatic heterocycles. The van der Waals surface area contributed by atoms with Crippen molar-refractivity contribution < 1.29 is 19.4 Å². The van der Waals surface area contributed by atoms with Gasteiger partial charge in [0.25, 0.3) is 0 Å². The fraction of sp³-hybridized carbons (Fsp3) is 0.650. The number of aliphatic carboxylic acids is 1. The predicted molar refractivity (Wildman–Crippen MR) is 96.1 cm³/mol. The Morgan fingerprint density at radius 1 is 1.40 bits per heavy atom. The van der Waals surface area contributed by atoms with Crippen LogP contribution in [0.25, 0.3) is 0 Å². The van der Waals surface area contributed by atoms with Crippen LogP contribution in [0.1, 0.15) is 44.6 Å². The Morgan fingerprint density at radius 3 is 2.92 bits per heavy atom. The molecule has 0 radical (unpaired) electrons. The molecule has 2 aliphatic rings. The van der Waals surface area contributed by atoms with Gasteiger partial charge in [0, 0.05) is 19.6 Å². The maximum absolute atomic E-state index is 11.8. The number of nitrogens with zero attached hydrogens (tertiary/aromatic N) is 1. The minimum absolute atomic E-state index is 0.295. The number of rotatable bonds is 8. The molecule has 5 nitrogen and oxygen atoms in total. The number of carbonyl (C=O) groups is 1. The molecule has 0 spiro atoms. The van der Waals surface area contributed by atoms with Gasteiger partial charge < -0.3 is 14.6 Å². The monoisotopic (exact) mass is 347 g/mol. The van der Waals surface area contributed by atoms with Gasteiger partial charge in [-0.25, -0.2) is 0 Å². The lowest BCUT2D eigenvalue weighted by Crippen LogP contribution is -2.35. The average Bonchev–Trinajstić information content (AvgIpc) is 3.13. The lowest BCUT2D eigenvalue weighted by atomic mass is 9.81. The highest BCUT2D eigenvalue weighted by atomic mass is 16.5. The molecule has 3 rings (SSSR count). The van der Waals surface area contributed by atoms with Gasteiger partial charge in [-0.3, -0.25) is 9.69 Å². The molecular weight excluding hydrogens is 318 g/mol. The number of carboxylic acids is 1. The summed E-state index contributed by atoms with van der Waals surface area (Å²) in [5.41, 5.74) is 0.625. The number of fused-ring (bicyclic) bond motifs is 1. The van der Waals surface area contributed by atoms with Crippen molar-refractivity contribution in [1.82, 2.24) is 4.90 Å². The Morgan fingerprint density at radius 2 is 2.24 bits per heavy atom. The average molecular weight is 347 g/mol. The summed E-state index contributed by atoms with van der Waals surface area (Å²) in [7, 11) is 1.65. The quantitative estimate of drug-likeness (QED) is 0.729. The van der Waals surface area contributed by atoms with E-state index in [2.05, 4.69) is 11.8 Å². The van der Waals surface area contributed by atoms with Gasteiger partial charge in [-0.05, 0) is 42.9 Å². The molecule has 25 heavy (non-hydrogen) atoms. The van der Waals surface area contributed by atoms with Crippen molar-refractivity contribution in [2.24, 2.45) is 11.3 Å². The second-order valence-corrected chi connectivity index (χ2v) is 7.41. The number of benzene rings is 1. The van der Waals surface area contributed by atoms with Crippen LogP contribution in [-0.2, 0) is 11.3 Å². The Hall–Kier alpha value is -1.75. The predicted octanol–water partition coefficient (Wildman–Crippen LogP) is 3.56. The first-order chi connectivity index (χ1) is 12.1. The van der Waals surface area contributed by atoms with Gasteiger partial charge in [-0.2, -0.15) is 0 Å². The van der Waals surface area contributed by atoms with Crippen LogP contribution in [0.4, 0.5) is 0 Å². The molecule has 1 aliphatic heterocycles. The van der Waals surface area contributed by atoms with Crippen molar-refractivity contribution in [1.29, 1.82) is 0 Å². The fourth-order valence-electron chi connectivity index (χ4n) is 4.38. The summed E-state index contributed by atoms with van der Waals surface area (Å²) in [5.74, 6) is 1.21. The first-order valence-corrected chi connectivity index (χ1v) is 9.34. The largest absolute Gasteiger partial charge is 0.493 e. The van der Waals surface area contributed by atoms with E-state index in [4.69, 9.17) is 9.47 Å². The normalized spacial score (nSPS) is 25.8. The summed E-state index contributed by atoms with van der Waals surface area (Å²) in [4.78, 5) is 14.1. The zero-order chi connectivity index (χ0) is 17.9. The van der Waals surface area contributed by atoms with E-state index in [0.29, 0.717) is 19.1 Å². The maximum Gasteiger partial charge on any atom is 0.311 e. The first-order valence-electron chi connectivity index (χ1n) is 9.34. The third-order valence-corrected chi connectivity index (χ3v) is 5.76. The standard InChI is InChI=1S/C20H29NO4/c1-3-4-10-25-18-11-15(7-8-17(18)24-2)12-21-13-16-6-5-9-20(16,14-21)19(22)23/h7-8,11,16H,3-6,9-10,12-14H2,1-2H3,(H,22,23)/t16-,20+/m0/s1. The molecule has 1 aliphatic carbocycles. The number of unbranched alkanes of at least 4 members (excludes halogenated alkanes) is 1. The molecule has 0 amide bonds. The number of ether oxygens (including phenoxy) is 2.